The van der Waals surface area contributed by atoms with E-state index in [2.05, 4.69) is 25.5 Å². The molecule has 0 saturated carbocycles. The number of amides is 1. The summed E-state index contributed by atoms with van der Waals surface area (Å²) in [5.41, 5.74) is 1.70. The van der Waals surface area contributed by atoms with Crippen LogP contribution in [0.5, 0.6) is 5.75 Å². The summed E-state index contributed by atoms with van der Waals surface area (Å²) in [5.74, 6) is -0.572. The van der Waals surface area contributed by atoms with Gasteiger partial charge in [-0.15, -0.1) is 10.2 Å². The predicted octanol–water partition coefficient (Wildman–Crippen LogP) is 6.95. The van der Waals surface area contributed by atoms with Gasteiger partial charge in [-0.25, -0.2) is 9.53 Å². The summed E-state index contributed by atoms with van der Waals surface area (Å²) < 4.78 is 1.50. The predicted molar refractivity (Wildman–Crippen MR) is 134 cm³/mol. The van der Waals surface area contributed by atoms with E-state index >= 15 is 0 Å². The Bertz CT molecular complexity index is 1600. The lowest BCUT2D eigenvalue weighted by Crippen LogP contribution is -2.12. The molecule has 4 aromatic carbocycles. The molecule has 0 bridgehead atoms. The number of benzene rings is 4. The third kappa shape index (κ3) is 4.21. The minimum atomic E-state index is -0.480. The van der Waals surface area contributed by atoms with E-state index in [-0.39, 0.29) is 28.5 Å². The minimum absolute atomic E-state index is 0.0588. The molecule has 0 aliphatic carbocycles. The molecule has 0 radical (unpaired) electrons. The Hall–Kier alpha value is -5.29. The molecule has 0 aliphatic heterocycles. The van der Waals surface area contributed by atoms with Crippen molar-refractivity contribution in [2.75, 3.05) is 5.32 Å². The van der Waals surface area contributed by atoms with E-state index in [9.17, 15) is 9.90 Å². The van der Waals surface area contributed by atoms with E-state index in [0.29, 0.717) is 22.1 Å². The van der Waals surface area contributed by atoms with E-state index < -0.39 is 5.91 Å². The van der Waals surface area contributed by atoms with Crippen molar-refractivity contribution in [3.63, 3.8) is 0 Å². The van der Waals surface area contributed by atoms with Crippen LogP contribution in [0, 0.1) is 6.57 Å². The number of phenols is 1. The summed E-state index contributed by atoms with van der Waals surface area (Å²) in [6, 6.07) is 27.1. The number of carbonyl (C=O) groups is 1. The first-order valence-electron chi connectivity index (χ1n) is 10.7. The van der Waals surface area contributed by atoms with Crippen LogP contribution in [0.4, 0.5) is 22.9 Å². The molecule has 0 spiro atoms. The zero-order valence-electron chi connectivity index (χ0n) is 18.3. The number of fused-ring (bicyclic) bond motifs is 1. The molecule has 8 heteroatoms. The number of carbonyl (C=O) groups excluding carboxylic acids is 1. The molecule has 5 aromatic rings. The zero-order chi connectivity index (χ0) is 24.2. The number of nitrogens with zero attached hydrogens (tertiary/aromatic N) is 5. The third-order valence-corrected chi connectivity index (χ3v) is 5.36. The van der Waals surface area contributed by atoms with E-state index in [1.165, 1.54) is 10.9 Å². The smallest absolute Gasteiger partial charge is 0.259 e. The van der Waals surface area contributed by atoms with Gasteiger partial charge in [-0.2, -0.15) is 5.10 Å². The van der Waals surface area contributed by atoms with Gasteiger partial charge in [0, 0.05) is 11.1 Å². The molecule has 168 valence electrons. The number of azo groups is 1. The summed E-state index contributed by atoms with van der Waals surface area (Å²) in [4.78, 5) is 16.5. The molecule has 5 rings (SSSR count). The molecule has 8 nitrogen and oxygen atoms in total. The SMILES string of the molecule is [C-]#[N+]c1cnn(-c2ccccc2)c1/N=N/c1c(O)c(C(=O)Nc2ccccc2)cc2ccccc12. The standard InChI is InChI=1S/C27H18N6O2/c1-28-23-17-29-33(20-13-6-3-7-14-20)26(23)32-31-24-21-15-9-8-10-18(21)16-22(25(24)34)27(35)30-19-11-4-2-5-12-19/h2-17,34H,(H,30,35)/b32-31+. The highest BCUT2D eigenvalue weighted by atomic mass is 16.3. The molecule has 0 atom stereocenters. The Morgan fingerprint density at radius 1 is 0.943 bits per heavy atom. The van der Waals surface area contributed by atoms with Gasteiger partial charge in [0.15, 0.2) is 11.6 Å². The number of hydrogen-bond donors (Lipinski definition) is 2. The van der Waals surface area contributed by atoms with Crippen molar-refractivity contribution in [3.8, 4) is 11.4 Å². The van der Waals surface area contributed by atoms with E-state index in [0.717, 1.165) is 0 Å². The maximum atomic E-state index is 13.0. The van der Waals surface area contributed by atoms with Gasteiger partial charge in [0.2, 0.25) is 0 Å². The average Bonchev–Trinajstić information content (AvgIpc) is 3.32. The first-order chi connectivity index (χ1) is 17.2. The zero-order valence-corrected chi connectivity index (χ0v) is 18.3. The highest BCUT2D eigenvalue weighted by Crippen LogP contribution is 2.40. The van der Waals surface area contributed by atoms with E-state index in [1.54, 1.807) is 36.4 Å². The molecular formula is C27H18N6O2. The number of hydrogen-bond acceptors (Lipinski definition) is 5. The first-order valence-corrected chi connectivity index (χ1v) is 10.7. The summed E-state index contributed by atoms with van der Waals surface area (Å²) in [6.45, 7) is 7.48. The number of aromatic hydroxyl groups is 1. The number of phenolic OH excluding ortho intramolecular Hbond substituents is 1. The van der Waals surface area contributed by atoms with E-state index in [4.69, 9.17) is 6.57 Å². The van der Waals surface area contributed by atoms with Crippen molar-refractivity contribution in [2.24, 2.45) is 10.2 Å². The second kappa shape index (κ2) is 9.29. The maximum absolute atomic E-state index is 13.0. The lowest BCUT2D eigenvalue weighted by molar-refractivity contribution is 0.102. The number of rotatable bonds is 5. The fraction of sp³-hybridized carbons (Fsp3) is 0. The van der Waals surface area contributed by atoms with Gasteiger partial charge in [0.25, 0.3) is 11.6 Å². The lowest BCUT2D eigenvalue weighted by atomic mass is 10.0. The number of anilines is 1. The largest absolute Gasteiger partial charge is 0.505 e. The molecule has 0 unspecified atom stereocenters. The molecule has 1 aromatic heterocycles. The molecule has 1 heterocycles. The minimum Gasteiger partial charge on any atom is -0.505 e. The summed E-state index contributed by atoms with van der Waals surface area (Å²) in [6.07, 6.45) is 1.41. The topological polar surface area (TPSA) is 96.2 Å². The highest BCUT2D eigenvalue weighted by Gasteiger charge is 2.19. The van der Waals surface area contributed by atoms with Crippen LogP contribution in [-0.4, -0.2) is 20.8 Å². The van der Waals surface area contributed by atoms with Crippen LogP contribution >= 0.6 is 0 Å². The van der Waals surface area contributed by atoms with Crippen LogP contribution in [0.3, 0.4) is 0 Å². The second-order valence-corrected chi connectivity index (χ2v) is 7.58. The number of aromatic nitrogens is 2. The van der Waals surface area contributed by atoms with E-state index in [1.807, 2.05) is 54.6 Å². The van der Waals surface area contributed by atoms with Crippen molar-refractivity contribution in [1.29, 1.82) is 0 Å². The summed E-state index contributed by atoms with van der Waals surface area (Å²) >= 11 is 0. The summed E-state index contributed by atoms with van der Waals surface area (Å²) in [7, 11) is 0. The van der Waals surface area contributed by atoms with Crippen LogP contribution in [0.15, 0.2) is 107 Å². The number of para-hydroxylation sites is 2. The normalized spacial score (nSPS) is 10.9. The van der Waals surface area contributed by atoms with Gasteiger partial charge >= 0.3 is 0 Å². The Balaban J connectivity index is 1.61. The van der Waals surface area contributed by atoms with Crippen LogP contribution in [-0.2, 0) is 0 Å². The Morgan fingerprint density at radius 2 is 1.63 bits per heavy atom. The quantitative estimate of drug-likeness (QED) is 0.220. The Kier molecular flexibility index (Phi) is 5.72. The van der Waals surface area contributed by atoms with Crippen molar-refractivity contribution >= 4 is 39.6 Å². The molecule has 35 heavy (non-hydrogen) atoms. The van der Waals surface area contributed by atoms with Gasteiger partial charge in [-0.3, -0.25) is 4.79 Å². The summed E-state index contributed by atoms with van der Waals surface area (Å²) in [5, 5.41) is 28.1. The highest BCUT2D eigenvalue weighted by molar-refractivity contribution is 6.11. The maximum Gasteiger partial charge on any atom is 0.259 e. The van der Waals surface area contributed by atoms with Crippen molar-refractivity contribution in [3.05, 3.63) is 114 Å². The molecule has 2 N–H and O–H groups in total. The van der Waals surface area contributed by atoms with Crippen molar-refractivity contribution in [1.82, 2.24) is 9.78 Å². The third-order valence-electron chi connectivity index (χ3n) is 5.36. The fourth-order valence-electron chi connectivity index (χ4n) is 3.67. The molecule has 1 amide bonds. The van der Waals surface area contributed by atoms with Crippen LogP contribution in [0.2, 0.25) is 0 Å². The van der Waals surface area contributed by atoms with Gasteiger partial charge < -0.3 is 10.4 Å². The van der Waals surface area contributed by atoms with Crippen LogP contribution < -0.4 is 5.32 Å². The average molecular weight is 458 g/mol. The fourth-order valence-corrected chi connectivity index (χ4v) is 3.67. The molecule has 0 saturated heterocycles. The van der Waals surface area contributed by atoms with Crippen LogP contribution in [0.1, 0.15) is 10.4 Å². The molecule has 0 fully saturated rings. The van der Waals surface area contributed by atoms with Gasteiger partial charge in [-0.05, 0) is 35.7 Å². The van der Waals surface area contributed by atoms with Crippen LogP contribution in [0.25, 0.3) is 21.3 Å². The second-order valence-electron chi connectivity index (χ2n) is 7.58. The monoisotopic (exact) mass is 458 g/mol. The first kappa shape index (κ1) is 21.6. The van der Waals surface area contributed by atoms with Crippen molar-refractivity contribution < 1.29 is 9.90 Å². The number of nitrogens with one attached hydrogen (secondary N) is 1. The van der Waals surface area contributed by atoms with Gasteiger partial charge in [0.05, 0.1) is 24.0 Å². The van der Waals surface area contributed by atoms with Gasteiger partial charge in [0.1, 0.15) is 5.69 Å². The molecular weight excluding hydrogens is 440 g/mol. The Morgan fingerprint density at radius 3 is 2.37 bits per heavy atom. The Labute approximate surface area is 200 Å². The molecule has 0 aliphatic rings. The van der Waals surface area contributed by atoms with Gasteiger partial charge in [-0.1, -0.05) is 60.7 Å². The lowest BCUT2D eigenvalue weighted by Gasteiger charge is -2.11. The van der Waals surface area contributed by atoms with Crippen molar-refractivity contribution in [2.45, 2.75) is 0 Å².